The molecule has 1 N–H and O–H groups in total. The molecule has 0 aliphatic heterocycles. The Morgan fingerprint density at radius 1 is 1.12 bits per heavy atom. The number of benzene rings is 2. The van der Waals surface area contributed by atoms with Crippen molar-refractivity contribution in [3.63, 3.8) is 0 Å². The molecular formula is C21H23NO3. The molecule has 3 rings (SSSR count). The van der Waals surface area contributed by atoms with E-state index in [1.807, 2.05) is 18.2 Å². The lowest BCUT2D eigenvalue weighted by Crippen LogP contribution is -2.26. The lowest BCUT2D eigenvalue weighted by atomic mass is 10.1. The third-order valence-electron chi connectivity index (χ3n) is 4.39. The first kappa shape index (κ1) is 17.2. The average molecular weight is 337 g/mol. The molecule has 0 aliphatic rings. The molecule has 4 nitrogen and oxygen atoms in total. The molecule has 0 amide bonds. The predicted octanol–water partition coefficient (Wildman–Crippen LogP) is 3.91. The number of rotatable bonds is 7. The van der Waals surface area contributed by atoms with Crippen LogP contribution in [-0.4, -0.2) is 13.2 Å². The third kappa shape index (κ3) is 4.48. The second-order valence-corrected chi connectivity index (χ2v) is 6.26. The molecule has 0 saturated heterocycles. The molecule has 0 fully saturated rings. The Kier molecular flexibility index (Phi) is 5.51. The van der Waals surface area contributed by atoms with Crippen molar-refractivity contribution in [2.24, 2.45) is 0 Å². The van der Waals surface area contributed by atoms with Gasteiger partial charge in [-0.25, -0.2) is 4.79 Å². The van der Waals surface area contributed by atoms with Gasteiger partial charge in [-0.1, -0.05) is 30.3 Å². The molecule has 0 saturated carbocycles. The number of aryl methyl sites for hydroxylation is 1. The smallest absolute Gasteiger partial charge is 0.336 e. The maximum absolute atomic E-state index is 11.8. The lowest BCUT2D eigenvalue weighted by Gasteiger charge is -2.15. The van der Waals surface area contributed by atoms with Gasteiger partial charge in [0.15, 0.2) is 0 Å². The minimum absolute atomic E-state index is 0.338. The standard InChI is InChI=1S/C21H23NO3/c1-15(8-9-16-6-4-3-5-7-16)22-14-17-12-21(23)25-20-13-18(24-2)10-11-19(17)20/h3-7,10-13,15,22H,8-9,14H2,1-2H3/t15-/m0/s1. The van der Waals surface area contributed by atoms with Crippen molar-refractivity contribution in [1.29, 1.82) is 0 Å². The summed E-state index contributed by atoms with van der Waals surface area (Å²) in [4.78, 5) is 11.8. The highest BCUT2D eigenvalue weighted by atomic mass is 16.5. The largest absolute Gasteiger partial charge is 0.497 e. The van der Waals surface area contributed by atoms with Gasteiger partial charge in [-0.2, -0.15) is 0 Å². The number of nitrogens with one attached hydrogen (secondary N) is 1. The summed E-state index contributed by atoms with van der Waals surface area (Å²) in [5, 5.41) is 4.44. The molecule has 0 spiro atoms. The Hall–Kier alpha value is -2.59. The molecule has 0 aliphatic carbocycles. The summed E-state index contributed by atoms with van der Waals surface area (Å²) in [6.07, 6.45) is 2.07. The molecule has 0 bridgehead atoms. The molecule has 0 unspecified atom stereocenters. The van der Waals surface area contributed by atoms with Crippen LogP contribution in [0.15, 0.2) is 63.8 Å². The van der Waals surface area contributed by atoms with Crippen molar-refractivity contribution in [3.8, 4) is 5.75 Å². The molecule has 2 aromatic carbocycles. The summed E-state index contributed by atoms with van der Waals surface area (Å²) >= 11 is 0. The van der Waals surface area contributed by atoms with Gasteiger partial charge in [0.05, 0.1) is 7.11 Å². The topological polar surface area (TPSA) is 51.5 Å². The van der Waals surface area contributed by atoms with E-state index < -0.39 is 0 Å². The van der Waals surface area contributed by atoms with Crippen LogP contribution < -0.4 is 15.7 Å². The van der Waals surface area contributed by atoms with Crippen molar-refractivity contribution in [2.45, 2.75) is 32.4 Å². The van der Waals surface area contributed by atoms with Crippen LogP contribution in [0, 0.1) is 0 Å². The summed E-state index contributed by atoms with van der Waals surface area (Å²) in [7, 11) is 1.60. The van der Waals surface area contributed by atoms with Crippen molar-refractivity contribution < 1.29 is 9.15 Å². The molecule has 3 aromatic rings. The summed E-state index contributed by atoms with van der Waals surface area (Å²) < 4.78 is 10.5. The highest BCUT2D eigenvalue weighted by Gasteiger charge is 2.09. The minimum Gasteiger partial charge on any atom is -0.497 e. The monoisotopic (exact) mass is 337 g/mol. The van der Waals surface area contributed by atoms with Gasteiger partial charge < -0.3 is 14.5 Å². The van der Waals surface area contributed by atoms with E-state index in [0.717, 1.165) is 23.8 Å². The quantitative estimate of drug-likeness (QED) is 0.664. The van der Waals surface area contributed by atoms with E-state index in [1.54, 1.807) is 19.2 Å². The van der Waals surface area contributed by atoms with Gasteiger partial charge in [-0.05, 0) is 43.0 Å². The Bertz CT molecular complexity index is 887. The Morgan fingerprint density at radius 3 is 2.68 bits per heavy atom. The maximum atomic E-state index is 11.8. The van der Waals surface area contributed by atoms with Crippen LogP contribution in [0.2, 0.25) is 0 Å². The molecule has 0 radical (unpaired) electrons. The van der Waals surface area contributed by atoms with Crippen molar-refractivity contribution in [3.05, 3.63) is 76.1 Å². The number of hydrogen-bond donors (Lipinski definition) is 1. The van der Waals surface area contributed by atoms with Crippen molar-refractivity contribution in [1.82, 2.24) is 5.32 Å². The van der Waals surface area contributed by atoms with Crippen LogP contribution >= 0.6 is 0 Å². The zero-order valence-corrected chi connectivity index (χ0v) is 14.6. The van der Waals surface area contributed by atoms with Gasteiger partial charge in [0.2, 0.25) is 0 Å². The van der Waals surface area contributed by atoms with Crippen molar-refractivity contribution >= 4 is 11.0 Å². The molecule has 4 heteroatoms. The molecule has 25 heavy (non-hydrogen) atoms. The number of ether oxygens (including phenoxy) is 1. The van der Waals surface area contributed by atoms with E-state index in [2.05, 4.69) is 36.5 Å². The van der Waals surface area contributed by atoms with E-state index >= 15 is 0 Å². The van der Waals surface area contributed by atoms with E-state index in [-0.39, 0.29) is 5.63 Å². The van der Waals surface area contributed by atoms with Crippen LogP contribution in [0.25, 0.3) is 11.0 Å². The Morgan fingerprint density at radius 2 is 1.92 bits per heavy atom. The highest BCUT2D eigenvalue weighted by Crippen LogP contribution is 2.22. The zero-order valence-electron chi connectivity index (χ0n) is 14.6. The number of hydrogen-bond acceptors (Lipinski definition) is 4. The molecule has 1 heterocycles. The van der Waals surface area contributed by atoms with Gasteiger partial charge in [0, 0.05) is 30.1 Å². The van der Waals surface area contributed by atoms with Crippen molar-refractivity contribution in [2.75, 3.05) is 7.11 Å². The molecule has 1 atom stereocenters. The lowest BCUT2D eigenvalue weighted by molar-refractivity contribution is 0.414. The summed E-state index contributed by atoms with van der Waals surface area (Å²) in [5.41, 5.74) is 2.50. The molecule has 130 valence electrons. The Labute approximate surface area is 147 Å². The number of methoxy groups -OCH3 is 1. The fourth-order valence-corrected chi connectivity index (χ4v) is 2.90. The summed E-state index contributed by atoms with van der Waals surface area (Å²) in [6, 6.07) is 17.9. The zero-order chi connectivity index (χ0) is 17.6. The maximum Gasteiger partial charge on any atom is 0.336 e. The van der Waals surface area contributed by atoms with Gasteiger partial charge in [-0.3, -0.25) is 0 Å². The van der Waals surface area contributed by atoms with Crippen LogP contribution in [-0.2, 0) is 13.0 Å². The SMILES string of the molecule is COc1ccc2c(CN[C@@H](C)CCc3ccccc3)cc(=O)oc2c1. The van der Waals surface area contributed by atoms with Crippen LogP contribution in [0.5, 0.6) is 5.75 Å². The van der Waals surface area contributed by atoms with Gasteiger partial charge in [0.25, 0.3) is 0 Å². The van der Waals surface area contributed by atoms with Crippen LogP contribution in [0.3, 0.4) is 0 Å². The number of fused-ring (bicyclic) bond motifs is 1. The fourth-order valence-electron chi connectivity index (χ4n) is 2.90. The first-order valence-electron chi connectivity index (χ1n) is 8.54. The normalized spacial score (nSPS) is 12.2. The minimum atomic E-state index is -0.338. The average Bonchev–Trinajstić information content (AvgIpc) is 2.64. The first-order chi connectivity index (χ1) is 12.2. The van der Waals surface area contributed by atoms with E-state index in [1.165, 1.54) is 5.56 Å². The third-order valence-corrected chi connectivity index (χ3v) is 4.39. The molecular weight excluding hydrogens is 314 g/mol. The highest BCUT2D eigenvalue weighted by molar-refractivity contribution is 5.81. The van der Waals surface area contributed by atoms with E-state index in [0.29, 0.717) is 23.9 Å². The molecule has 1 aromatic heterocycles. The van der Waals surface area contributed by atoms with Gasteiger partial charge in [0.1, 0.15) is 11.3 Å². The van der Waals surface area contributed by atoms with Gasteiger partial charge >= 0.3 is 5.63 Å². The van der Waals surface area contributed by atoms with E-state index in [4.69, 9.17) is 9.15 Å². The van der Waals surface area contributed by atoms with Crippen LogP contribution in [0.4, 0.5) is 0 Å². The second kappa shape index (κ2) is 7.99. The summed E-state index contributed by atoms with van der Waals surface area (Å²) in [6.45, 7) is 2.80. The second-order valence-electron chi connectivity index (χ2n) is 6.26. The van der Waals surface area contributed by atoms with Crippen LogP contribution in [0.1, 0.15) is 24.5 Å². The summed E-state index contributed by atoms with van der Waals surface area (Å²) in [5.74, 6) is 0.678. The first-order valence-corrected chi connectivity index (χ1v) is 8.54. The predicted molar refractivity (Wildman–Crippen MR) is 100 cm³/mol. The van der Waals surface area contributed by atoms with Gasteiger partial charge in [-0.15, -0.1) is 0 Å². The van der Waals surface area contributed by atoms with E-state index in [9.17, 15) is 4.79 Å². The fraction of sp³-hybridized carbons (Fsp3) is 0.286. The Balaban J connectivity index is 1.67.